The number of halogens is 1. The van der Waals surface area contributed by atoms with Gasteiger partial charge >= 0.3 is 0 Å². The van der Waals surface area contributed by atoms with Crippen LogP contribution in [0.3, 0.4) is 0 Å². The molecular formula is C7H9BrN2O. The number of rotatable bonds is 2. The minimum atomic E-state index is 0.506. The third-order valence-corrected chi connectivity index (χ3v) is 1.72. The van der Waals surface area contributed by atoms with Crippen LogP contribution in [0.2, 0.25) is 0 Å². The molecule has 0 aliphatic rings. The summed E-state index contributed by atoms with van der Waals surface area (Å²) < 4.78 is 5.66. The number of nitrogen functional groups attached to an aromatic ring is 1. The van der Waals surface area contributed by atoms with Gasteiger partial charge in [0.15, 0.2) is 0 Å². The predicted octanol–water partition coefficient (Wildman–Crippen LogP) is 1.57. The maximum atomic E-state index is 5.59. The average molecular weight is 217 g/mol. The number of nitrogens with two attached hydrogens (primary N) is 1. The lowest BCUT2D eigenvalue weighted by molar-refractivity contribution is 0.185. The van der Waals surface area contributed by atoms with E-state index in [0.29, 0.717) is 12.4 Å². The Bertz CT molecular complexity index is 252. The summed E-state index contributed by atoms with van der Waals surface area (Å²) >= 11 is 3.22. The molecule has 1 heterocycles. The molecule has 0 saturated carbocycles. The van der Waals surface area contributed by atoms with Gasteiger partial charge in [-0.3, -0.25) is 0 Å². The lowest BCUT2D eigenvalue weighted by Crippen LogP contribution is -1.98. The van der Waals surface area contributed by atoms with Gasteiger partial charge in [-0.25, -0.2) is 4.98 Å². The molecule has 0 amide bonds. The molecule has 0 radical (unpaired) electrons. The first kappa shape index (κ1) is 8.49. The van der Waals surface area contributed by atoms with E-state index in [1.54, 1.807) is 7.11 Å². The van der Waals surface area contributed by atoms with Gasteiger partial charge in [-0.1, -0.05) is 6.07 Å². The van der Waals surface area contributed by atoms with Gasteiger partial charge in [0.05, 0.1) is 6.61 Å². The summed E-state index contributed by atoms with van der Waals surface area (Å²) in [5, 5.41) is 0. The van der Waals surface area contributed by atoms with Gasteiger partial charge in [0.1, 0.15) is 10.4 Å². The van der Waals surface area contributed by atoms with Crippen LogP contribution in [0, 0.1) is 0 Å². The number of anilines is 1. The van der Waals surface area contributed by atoms with E-state index >= 15 is 0 Å². The zero-order valence-corrected chi connectivity index (χ0v) is 7.76. The van der Waals surface area contributed by atoms with Crippen molar-refractivity contribution in [1.29, 1.82) is 0 Å². The maximum Gasteiger partial charge on any atom is 0.130 e. The van der Waals surface area contributed by atoms with Crippen molar-refractivity contribution in [3.8, 4) is 0 Å². The molecule has 4 heteroatoms. The van der Waals surface area contributed by atoms with Crippen LogP contribution in [0.15, 0.2) is 16.7 Å². The molecule has 0 fully saturated rings. The molecule has 11 heavy (non-hydrogen) atoms. The second-order valence-corrected chi connectivity index (χ2v) is 2.92. The molecule has 0 aliphatic heterocycles. The monoisotopic (exact) mass is 216 g/mol. The van der Waals surface area contributed by atoms with Crippen LogP contribution in [-0.2, 0) is 11.3 Å². The van der Waals surface area contributed by atoms with E-state index < -0.39 is 0 Å². The maximum absolute atomic E-state index is 5.59. The molecule has 1 aromatic rings. The van der Waals surface area contributed by atoms with Gasteiger partial charge in [-0.15, -0.1) is 0 Å². The van der Waals surface area contributed by atoms with E-state index in [1.807, 2.05) is 12.1 Å². The quantitative estimate of drug-likeness (QED) is 0.765. The smallest absolute Gasteiger partial charge is 0.130 e. The van der Waals surface area contributed by atoms with Crippen molar-refractivity contribution in [2.45, 2.75) is 6.61 Å². The van der Waals surface area contributed by atoms with Crippen molar-refractivity contribution in [3.63, 3.8) is 0 Å². The number of pyridine rings is 1. The lowest BCUT2D eigenvalue weighted by atomic mass is 10.3. The van der Waals surface area contributed by atoms with Crippen LogP contribution in [0.1, 0.15) is 5.56 Å². The van der Waals surface area contributed by atoms with Crippen LogP contribution in [0.4, 0.5) is 5.82 Å². The number of ether oxygens (including phenoxy) is 1. The highest BCUT2D eigenvalue weighted by molar-refractivity contribution is 9.10. The summed E-state index contributed by atoms with van der Waals surface area (Å²) in [5.74, 6) is 0.515. The molecule has 0 bridgehead atoms. The van der Waals surface area contributed by atoms with Crippen molar-refractivity contribution in [2.75, 3.05) is 12.8 Å². The largest absolute Gasteiger partial charge is 0.383 e. The molecule has 0 atom stereocenters. The fraction of sp³-hybridized carbons (Fsp3) is 0.286. The zero-order chi connectivity index (χ0) is 8.27. The van der Waals surface area contributed by atoms with Crippen molar-refractivity contribution >= 4 is 21.7 Å². The first-order valence-corrected chi connectivity index (χ1v) is 3.93. The van der Waals surface area contributed by atoms with E-state index in [2.05, 4.69) is 20.9 Å². The third-order valence-electron chi connectivity index (χ3n) is 1.28. The van der Waals surface area contributed by atoms with Crippen LogP contribution in [0.25, 0.3) is 0 Å². The highest BCUT2D eigenvalue weighted by Gasteiger charge is 1.99. The lowest BCUT2D eigenvalue weighted by Gasteiger charge is -2.02. The van der Waals surface area contributed by atoms with Gasteiger partial charge in [0.2, 0.25) is 0 Å². The number of methoxy groups -OCH3 is 1. The summed E-state index contributed by atoms with van der Waals surface area (Å²) in [6.07, 6.45) is 0. The topological polar surface area (TPSA) is 48.1 Å². The normalized spacial score (nSPS) is 10.0. The average Bonchev–Trinajstić information content (AvgIpc) is 1.95. The zero-order valence-electron chi connectivity index (χ0n) is 6.17. The van der Waals surface area contributed by atoms with Crippen LogP contribution < -0.4 is 5.73 Å². The van der Waals surface area contributed by atoms with Crippen molar-refractivity contribution in [1.82, 2.24) is 4.98 Å². The van der Waals surface area contributed by atoms with E-state index in [0.717, 1.165) is 10.2 Å². The number of nitrogens with zero attached hydrogens (tertiary/aromatic N) is 1. The molecular weight excluding hydrogens is 208 g/mol. The van der Waals surface area contributed by atoms with Crippen LogP contribution >= 0.6 is 15.9 Å². The Morgan fingerprint density at radius 1 is 1.64 bits per heavy atom. The molecule has 2 N–H and O–H groups in total. The Hall–Kier alpha value is -0.610. The molecule has 3 nitrogen and oxygen atoms in total. The third kappa shape index (κ3) is 2.17. The Balaban J connectivity index is 2.90. The Morgan fingerprint density at radius 3 is 2.91 bits per heavy atom. The molecule has 1 rings (SSSR count). The van der Waals surface area contributed by atoms with Gasteiger partial charge in [-0.05, 0) is 22.0 Å². The molecule has 0 spiro atoms. The number of aromatic nitrogens is 1. The van der Waals surface area contributed by atoms with Gasteiger partial charge in [0, 0.05) is 12.7 Å². The summed E-state index contributed by atoms with van der Waals surface area (Å²) in [5.41, 5.74) is 6.50. The molecule has 1 aromatic heterocycles. The summed E-state index contributed by atoms with van der Waals surface area (Å²) in [6.45, 7) is 0.506. The van der Waals surface area contributed by atoms with Crippen molar-refractivity contribution in [3.05, 3.63) is 22.3 Å². The SMILES string of the molecule is COCc1ccc(Br)nc1N. The first-order valence-electron chi connectivity index (χ1n) is 3.14. The molecule has 0 aliphatic carbocycles. The number of hydrogen-bond acceptors (Lipinski definition) is 3. The highest BCUT2D eigenvalue weighted by Crippen LogP contribution is 2.14. The summed E-state index contributed by atoms with van der Waals surface area (Å²) in [4.78, 5) is 4.01. The van der Waals surface area contributed by atoms with Gasteiger partial charge in [-0.2, -0.15) is 0 Å². The molecule has 60 valence electrons. The Kier molecular flexibility index (Phi) is 2.84. The van der Waals surface area contributed by atoms with E-state index in [4.69, 9.17) is 10.5 Å². The van der Waals surface area contributed by atoms with Gasteiger partial charge in [0.25, 0.3) is 0 Å². The van der Waals surface area contributed by atoms with E-state index in [-0.39, 0.29) is 0 Å². The second-order valence-electron chi connectivity index (χ2n) is 2.11. The van der Waals surface area contributed by atoms with Crippen LogP contribution in [-0.4, -0.2) is 12.1 Å². The molecule has 0 saturated heterocycles. The van der Waals surface area contributed by atoms with E-state index in [9.17, 15) is 0 Å². The molecule has 0 unspecified atom stereocenters. The minimum absolute atomic E-state index is 0.506. The van der Waals surface area contributed by atoms with Crippen molar-refractivity contribution in [2.24, 2.45) is 0 Å². The predicted molar refractivity (Wildman–Crippen MR) is 47.1 cm³/mol. The second kappa shape index (κ2) is 3.69. The molecule has 0 aromatic carbocycles. The summed E-state index contributed by atoms with van der Waals surface area (Å²) in [7, 11) is 1.63. The number of hydrogen-bond donors (Lipinski definition) is 1. The van der Waals surface area contributed by atoms with E-state index in [1.165, 1.54) is 0 Å². The standard InChI is InChI=1S/C7H9BrN2O/c1-11-4-5-2-3-6(8)10-7(5)9/h2-3H,4H2,1H3,(H2,9,10). The Labute approximate surface area is 73.7 Å². The fourth-order valence-electron chi connectivity index (χ4n) is 0.756. The highest BCUT2D eigenvalue weighted by atomic mass is 79.9. The minimum Gasteiger partial charge on any atom is -0.383 e. The fourth-order valence-corrected chi connectivity index (χ4v) is 1.08. The Morgan fingerprint density at radius 2 is 2.36 bits per heavy atom. The first-order chi connectivity index (χ1) is 5.24. The van der Waals surface area contributed by atoms with Crippen LogP contribution in [0.5, 0.6) is 0 Å². The summed E-state index contributed by atoms with van der Waals surface area (Å²) in [6, 6.07) is 3.72. The van der Waals surface area contributed by atoms with Gasteiger partial charge < -0.3 is 10.5 Å². The van der Waals surface area contributed by atoms with Crippen molar-refractivity contribution < 1.29 is 4.74 Å².